The summed E-state index contributed by atoms with van der Waals surface area (Å²) in [5, 5.41) is 13.8. The number of aromatic nitrogens is 3. The van der Waals surface area contributed by atoms with E-state index < -0.39 is 23.6 Å². The molecule has 0 saturated heterocycles. The molecule has 32 heavy (non-hydrogen) atoms. The Balaban J connectivity index is 2.32. The summed E-state index contributed by atoms with van der Waals surface area (Å²) in [6, 6.07) is 1.44. The number of nitrogens with zero attached hydrogens (tertiary/aromatic N) is 3. The predicted octanol–water partition coefficient (Wildman–Crippen LogP) is 4.75. The number of carbonyl (C=O) groups excluding carboxylic acids is 1. The van der Waals surface area contributed by atoms with E-state index in [2.05, 4.69) is 30.0 Å². The van der Waals surface area contributed by atoms with Crippen LogP contribution in [-0.4, -0.2) is 43.9 Å². The lowest BCUT2D eigenvalue weighted by molar-refractivity contribution is -0.167. The molecule has 1 aliphatic rings. The highest BCUT2D eigenvalue weighted by atomic mass is 16.6. The standard InChI is InChI=1S/C24H33N3O5/c1-8-31-22(30)20(32-23(3,4)5)18-14(2)25-17-13-16(21(28)29)26-27(17)19(18)15-9-11-24(6,7)12-10-15/h9,13,20H,8,10-12H2,1-7H3,(H,28,29). The Hall–Kier alpha value is -2.74. The molecule has 0 radical (unpaired) electrons. The van der Waals surface area contributed by atoms with Crippen molar-refractivity contribution < 1.29 is 24.2 Å². The minimum atomic E-state index is -1.13. The molecular formula is C24H33N3O5. The summed E-state index contributed by atoms with van der Waals surface area (Å²) < 4.78 is 13.1. The Labute approximate surface area is 188 Å². The van der Waals surface area contributed by atoms with E-state index in [4.69, 9.17) is 9.47 Å². The van der Waals surface area contributed by atoms with Gasteiger partial charge >= 0.3 is 11.9 Å². The molecule has 1 aliphatic carbocycles. The summed E-state index contributed by atoms with van der Waals surface area (Å²) in [4.78, 5) is 29.2. The highest BCUT2D eigenvalue weighted by molar-refractivity contribution is 5.87. The SMILES string of the molecule is CCOC(=O)C(OC(C)(C)C)c1c(C)nc2cc(C(=O)O)nn2c1C1=CCC(C)(C)CC1. The molecule has 8 nitrogen and oxygen atoms in total. The maximum atomic E-state index is 13.0. The highest BCUT2D eigenvalue weighted by Crippen LogP contribution is 2.41. The molecule has 0 aliphatic heterocycles. The van der Waals surface area contributed by atoms with E-state index in [1.54, 1.807) is 13.8 Å². The Morgan fingerprint density at radius 2 is 2.00 bits per heavy atom. The normalized spacial score (nSPS) is 17.2. The Kier molecular flexibility index (Phi) is 6.47. The monoisotopic (exact) mass is 443 g/mol. The van der Waals surface area contributed by atoms with Gasteiger partial charge in [-0.1, -0.05) is 19.9 Å². The number of aromatic carboxylic acids is 1. The number of carboxylic acid groups (broad SMARTS) is 1. The van der Waals surface area contributed by atoms with Gasteiger partial charge in [0.15, 0.2) is 17.4 Å². The van der Waals surface area contributed by atoms with E-state index in [-0.39, 0.29) is 17.7 Å². The first-order chi connectivity index (χ1) is 14.8. The van der Waals surface area contributed by atoms with Gasteiger partial charge in [0.2, 0.25) is 0 Å². The first kappa shape index (κ1) is 23.9. The van der Waals surface area contributed by atoms with Crippen LogP contribution in [0.25, 0.3) is 11.2 Å². The fourth-order valence-corrected chi connectivity index (χ4v) is 3.95. The number of rotatable bonds is 6. The van der Waals surface area contributed by atoms with E-state index in [0.717, 1.165) is 24.8 Å². The smallest absolute Gasteiger partial charge is 0.356 e. The average molecular weight is 444 g/mol. The number of hydrogen-bond acceptors (Lipinski definition) is 6. The Bertz CT molecular complexity index is 1080. The molecule has 1 unspecified atom stereocenters. The molecule has 0 saturated carbocycles. The second-order valence-corrected chi connectivity index (χ2v) is 10.0. The Morgan fingerprint density at radius 1 is 1.31 bits per heavy atom. The molecule has 0 amide bonds. The maximum absolute atomic E-state index is 13.0. The molecule has 0 bridgehead atoms. The minimum absolute atomic E-state index is 0.100. The molecule has 3 rings (SSSR count). The van der Waals surface area contributed by atoms with Gasteiger partial charge in [-0.05, 0) is 64.9 Å². The largest absolute Gasteiger partial charge is 0.476 e. The first-order valence-corrected chi connectivity index (χ1v) is 11.0. The van der Waals surface area contributed by atoms with Gasteiger partial charge in [-0.15, -0.1) is 0 Å². The van der Waals surface area contributed by atoms with Crippen LogP contribution in [0.5, 0.6) is 0 Å². The molecule has 2 heterocycles. The van der Waals surface area contributed by atoms with Crippen LogP contribution in [0.3, 0.4) is 0 Å². The number of ether oxygens (including phenoxy) is 2. The van der Waals surface area contributed by atoms with Gasteiger partial charge in [0.1, 0.15) is 0 Å². The number of esters is 1. The summed E-state index contributed by atoms with van der Waals surface area (Å²) in [7, 11) is 0. The number of carboxylic acids is 1. The number of hydrogen-bond donors (Lipinski definition) is 1. The van der Waals surface area contributed by atoms with Crippen molar-refractivity contribution in [2.45, 2.75) is 79.4 Å². The maximum Gasteiger partial charge on any atom is 0.356 e. The molecule has 2 aromatic heterocycles. The van der Waals surface area contributed by atoms with Gasteiger partial charge < -0.3 is 14.6 Å². The third-order valence-corrected chi connectivity index (χ3v) is 5.56. The van der Waals surface area contributed by atoms with Crippen LogP contribution in [0.4, 0.5) is 0 Å². The fourth-order valence-electron chi connectivity index (χ4n) is 3.95. The fraction of sp³-hybridized carbons (Fsp3) is 0.583. The van der Waals surface area contributed by atoms with Gasteiger partial charge in [0, 0.05) is 17.3 Å². The van der Waals surface area contributed by atoms with Crippen molar-refractivity contribution in [1.29, 1.82) is 0 Å². The number of fused-ring (bicyclic) bond motifs is 1. The topological polar surface area (TPSA) is 103 Å². The summed E-state index contributed by atoms with van der Waals surface area (Å²) in [6.45, 7) is 13.8. The minimum Gasteiger partial charge on any atom is -0.476 e. The lowest BCUT2D eigenvalue weighted by Crippen LogP contribution is -2.31. The van der Waals surface area contributed by atoms with Crippen molar-refractivity contribution in [3.8, 4) is 0 Å². The molecular weight excluding hydrogens is 410 g/mol. The highest BCUT2D eigenvalue weighted by Gasteiger charge is 2.36. The van der Waals surface area contributed by atoms with E-state index in [0.29, 0.717) is 22.6 Å². The third kappa shape index (κ3) is 5.01. The van der Waals surface area contributed by atoms with E-state index in [1.807, 2.05) is 20.8 Å². The lowest BCUT2D eigenvalue weighted by atomic mass is 9.77. The molecule has 8 heteroatoms. The van der Waals surface area contributed by atoms with E-state index >= 15 is 0 Å². The van der Waals surface area contributed by atoms with Crippen molar-refractivity contribution >= 4 is 23.2 Å². The second-order valence-electron chi connectivity index (χ2n) is 10.0. The predicted molar refractivity (Wildman–Crippen MR) is 121 cm³/mol. The number of aryl methyl sites for hydroxylation is 1. The second kappa shape index (κ2) is 8.65. The first-order valence-electron chi connectivity index (χ1n) is 11.0. The van der Waals surface area contributed by atoms with Crippen molar-refractivity contribution in [2.24, 2.45) is 5.41 Å². The number of carbonyl (C=O) groups is 2. The van der Waals surface area contributed by atoms with Crippen LogP contribution in [0.2, 0.25) is 0 Å². The zero-order valence-corrected chi connectivity index (χ0v) is 20.0. The summed E-state index contributed by atoms with van der Waals surface area (Å²) in [6.07, 6.45) is 3.73. The summed E-state index contributed by atoms with van der Waals surface area (Å²) in [5.41, 5.74) is 2.67. The molecule has 174 valence electrons. The van der Waals surface area contributed by atoms with Crippen LogP contribution in [0.15, 0.2) is 12.1 Å². The molecule has 0 fully saturated rings. The molecule has 0 spiro atoms. The van der Waals surface area contributed by atoms with Crippen molar-refractivity contribution in [1.82, 2.24) is 14.6 Å². The molecule has 1 N–H and O–H groups in total. The van der Waals surface area contributed by atoms with Crippen LogP contribution in [-0.2, 0) is 14.3 Å². The lowest BCUT2D eigenvalue weighted by Gasteiger charge is -2.32. The Morgan fingerprint density at radius 3 is 2.53 bits per heavy atom. The van der Waals surface area contributed by atoms with Crippen LogP contribution < -0.4 is 0 Å². The molecule has 2 aromatic rings. The molecule has 0 aromatic carbocycles. The summed E-state index contributed by atoms with van der Waals surface area (Å²) >= 11 is 0. The van der Waals surface area contributed by atoms with Gasteiger partial charge in [-0.25, -0.2) is 19.1 Å². The van der Waals surface area contributed by atoms with Gasteiger partial charge in [-0.3, -0.25) is 0 Å². The zero-order chi connectivity index (χ0) is 23.8. The van der Waals surface area contributed by atoms with Crippen LogP contribution in [0, 0.1) is 12.3 Å². The van der Waals surface area contributed by atoms with Crippen molar-refractivity contribution in [2.75, 3.05) is 6.61 Å². The van der Waals surface area contributed by atoms with Crippen LogP contribution in [0.1, 0.15) is 94.3 Å². The van der Waals surface area contributed by atoms with Crippen molar-refractivity contribution in [3.63, 3.8) is 0 Å². The van der Waals surface area contributed by atoms with Crippen LogP contribution >= 0.6 is 0 Å². The van der Waals surface area contributed by atoms with Gasteiger partial charge in [0.05, 0.1) is 17.9 Å². The van der Waals surface area contributed by atoms with E-state index in [9.17, 15) is 14.7 Å². The molecule has 1 atom stereocenters. The quantitative estimate of drug-likeness (QED) is 0.643. The van der Waals surface area contributed by atoms with Crippen molar-refractivity contribution in [3.05, 3.63) is 34.8 Å². The van der Waals surface area contributed by atoms with Gasteiger partial charge in [0.25, 0.3) is 0 Å². The third-order valence-electron chi connectivity index (χ3n) is 5.56. The van der Waals surface area contributed by atoms with Gasteiger partial charge in [-0.2, -0.15) is 5.10 Å². The summed E-state index contributed by atoms with van der Waals surface area (Å²) in [5.74, 6) is -1.64. The zero-order valence-electron chi connectivity index (χ0n) is 20.0. The number of allylic oxidation sites excluding steroid dienone is 2. The average Bonchev–Trinajstić information content (AvgIpc) is 3.09. The van der Waals surface area contributed by atoms with E-state index in [1.165, 1.54) is 10.6 Å².